The van der Waals surface area contributed by atoms with Gasteiger partial charge < -0.3 is 11.1 Å². The highest BCUT2D eigenvalue weighted by molar-refractivity contribution is 5.76. The summed E-state index contributed by atoms with van der Waals surface area (Å²) in [6.45, 7) is 2.11. The molecule has 1 heterocycles. The van der Waals surface area contributed by atoms with Gasteiger partial charge in [0.25, 0.3) is 0 Å². The summed E-state index contributed by atoms with van der Waals surface area (Å²) in [6, 6.07) is 8.32. The third kappa shape index (κ3) is 1.79. The van der Waals surface area contributed by atoms with Crippen molar-refractivity contribution < 1.29 is 0 Å². The van der Waals surface area contributed by atoms with E-state index < -0.39 is 0 Å². The first-order valence-corrected chi connectivity index (χ1v) is 4.76. The molecule has 0 amide bonds. The molecule has 2 nitrogen and oxygen atoms in total. The average Bonchev–Trinajstić information content (AvgIpc) is 2.19. The molecule has 0 saturated heterocycles. The monoisotopic (exact) mass is 186 g/mol. The van der Waals surface area contributed by atoms with Gasteiger partial charge in [0, 0.05) is 17.9 Å². The van der Waals surface area contributed by atoms with Crippen molar-refractivity contribution in [2.24, 2.45) is 0 Å². The van der Waals surface area contributed by atoms with Crippen LogP contribution >= 0.6 is 0 Å². The summed E-state index contributed by atoms with van der Waals surface area (Å²) >= 11 is 0. The zero-order valence-electron chi connectivity index (χ0n) is 8.20. The molecule has 14 heavy (non-hydrogen) atoms. The van der Waals surface area contributed by atoms with E-state index in [1.165, 1.54) is 5.57 Å². The lowest BCUT2D eigenvalue weighted by molar-refractivity contribution is 0.764. The van der Waals surface area contributed by atoms with Crippen molar-refractivity contribution in [1.29, 1.82) is 0 Å². The number of anilines is 1. The van der Waals surface area contributed by atoms with E-state index in [2.05, 4.69) is 30.5 Å². The van der Waals surface area contributed by atoms with Crippen LogP contribution in [-0.4, -0.2) is 6.04 Å². The van der Waals surface area contributed by atoms with Crippen LogP contribution in [0.1, 0.15) is 12.5 Å². The highest BCUT2D eigenvalue weighted by Gasteiger charge is 2.04. The minimum absolute atomic E-state index is 0.416. The van der Waals surface area contributed by atoms with Crippen LogP contribution < -0.4 is 11.1 Å². The molecular weight excluding hydrogens is 172 g/mol. The van der Waals surface area contributed by atoms with Crippen molar-refractivity contribution in [2.45, 2.75) is 13.0 Å². The average molecular weight is 186 g/mol. The second-order valence-corrected chi connectivity index (χ2v) is 3.54. The van der Waals surface area contributed by atoms with Gasteiger partial charge in [0.2, 0.25) is 0 Å². The molecule has 3 N–H and O–H groups in total. The van der Waals surface area contributed by atoms with Crippen LogP contribution in [0, 0.1) is 0 Å². The largest absolute Gasteiger partial charge is 0.399 e. The molecule has 0 saturated carbocycles. The molecule has 0 aromatic heterocycles. The van der Waals surface area contributed by atoms with E-state index in [-0.39, 0.29) is 0 Å². The minimum Gasteiger partial charge on any atom is -0.399 e. The van der Waals surface area contributed by atoms with Crippen LogP contribution in [0.15, 0.2) is 42.6 Å². The molecule has 0 fully saturated rings. The maximum absolute atomic E-state index is 5.72. The number of hydrogen-bond acceptors (Lipinski definition) is 2. The van der Waals surface area contributed by atoms with Crippen molar-refractivity contribution in [2.75, 3.05) is 5.73 Å². The van der Waals surface area contributed by atoms with Gasteiger partial charge in [-0.15, -0.1) is 0 Å². The molecule has 1 aliphatic heterocycles. The van der Waals surface area contributed by atoms with Crippen molar-refractivity contribution >= 4 is 11.3 Å². The Morgan fingerprint density at radius 2 is 2.21 bits per heavy atom. The number of dihydropyridines is 1. The molecule has 1 aromatic carbocycles. The summed E-state index contributed by atoms with van der Waals surface area (Å²) in [7, 11) is 0. The van der Waals surface area contributed by atoms with Gasteiger partial charge in [-0.2, -0.15) is 0 Å². The number of benzene rings is 1. The van der Waals surface area contributed by atoms with Gasteiger partial charge in [-0.05, 0) is 30.2 Å². The normalized spacial score (nSPS) is 20.1. The smallest absolute Gasteiger partial charge is 0.0414 e. The highest BCUT2D eigenvalue weighted by atomic mass is 14.9. The van der Waals surface area contributed by atoms with E-state index in [1.54, 1.807) is 0 Å². The first-order chi connectivity index (χ1) is 6.75. The molecule has 0 unspecified atom stereocenters. The lowest BCUT2D eigenvalue weighted by Gasteiger charge is -2.14. The summed E-state index contributed by atoms with van der Waals surface area (Å²) in [5.74, 6) is 0. The van der Waals surface area contributed by atoms with Crippen molar-refractivity contribution in [3.05, 3.63) is 48.2 Å². The van der Waals surface area contributed by atoms with Gasteiger partial charge in [0.05, 0.1) is 0 Å². The maximum atomic E-state index is 5.72. The predicted octanol–water partition coefficient (Wildman–Crippen LogP) is 2.16. The third-order valence-corrected chi connectivity index (χ3v) is 2.29. The Kier molecular flexibility index (Phi) is 2.27. The highest BCUT2D eigenvalue weighted by Crippen LogP contribution is 2.19. The van der Waals surface area contributed by atoms with Crippen molar-refractivity contribution in [3.63, 3.8) is 0 Å². The SMILES string of the molecule is C[C@@H]1C=CC(c2cccc(N)c2)=CN1. The quantitative estimate of drug-likeness (QED) is 0.659. The van der Waals surface area contributed by atoms with Crippen LogP contribution in [0.25, 0.3) is 5.57 Å². The van der Waals surface area contributed by atoms with E-state index in [4.69, 9.17) is 5.73 Å². The van der Waals surface area contributed by atoms with Gasteiger partial charge in [-0.1, -0.05) is 24.3 Å². The summed E-state index contributed by atoms with van der Waals surface area (Å²) in [4.78, 5) is 0. The molecule has 1 aliphatic rings. The Labute approximate surface area is 84.1 Å². The van der Waals surface area contributed by atoms with E-state index in [0.717, 1.165) is 11.3 Å². The molecule has 1 aromatic rings. The maximum Gasteiger partial charge on any atom is 0.0414 e. The Balaban J connectivity index is 2.29. The number of nitrogens with two attached hydrogens (primary N) is 1. The topological polar surface area (TPSA) is 38.0 Å². The number of nitrogens with one attached hydrogen (secondary N) is 1. The Morgan fingerprint density at radius 3 is 2.86 bits per heavy atom. The fourth-order valence-electron chi connectivity index (χ4n) is 1.47. The summed E-state index contributed by atoms with van der Waals surface area (Å²) in [6.07, 6.45) is 6.29. The van der Waals surface area contributed by atoms with Crippen LogP contribution in [0.3, 0.4) is 0 Å². The lowest BCUT2D eigenvalue weighted by atomic mass is 10.0. The summed E-state index contributed by atoms with van der Waals surface area (Å²) in [5.41, 5.74) is 8.85. The minimum atomic E-state index is 0.416. The fourth-order valence-corrected chi connectivity index (χ4v) is 1.47. The van der Waals surface area contributed by atoms with Gasteiger partial charge in [-0.25, -0.2) is 0 Å². The summed E-state index contributed by atoms with van der Waals surface area (Å²) < 4.78 is 0. The van der Waals surface area contributed by atoms with E-state index in [0.29, 0.717) is 6.04 Å². The first-order valence-electron chi connectivity index (χ1n) is 4.76. The zero-order valence-corrected chi connectivity index (χ0v) is 8.20. The molecule has 0 radical (unpaired) electrons. The zero-order chi connectivity index (χ0) is 9.97. The second-order valence-electron chi connectivity index (χ2n) is 3.54. The number of allylic oxidation sites excluding steroid dienone is 2. The van der Waals surface area contributed by atoms with Crippen molar-refractivity contribution in [1.82, 2.24) is 5.32 Å². The molecule has 2 heteroatoms. The van der Waals surface area contributed by atoms with Crippen LogP contribution in [-0.2, 0) is 0 Å². The lowest BCUT2D eigenvalue weighted by Crippen LogP contribution is -2.20. The predicted molar refractivity (Wildman–Crippen MR) is 60.6 cm³/mol. The molecule has 0 bridgehead atoms. The van der Waals surface area contributed by atoms with Gasteiger partial charge in [0.1, 0.15) is 0 Å². The third-order valence-electron chi connectivity index (χ3n) is 2.29. The Morgan fingerprint density at radius 1 is 1.36 bits per heavy atom. The Bertz CT molecular complexity index is 391. The molecule has 1 atom stereocenters. The fraction of sp³-hybridized carbons (Fsp3) is 0.167. The van der Waals surface area contributed by atoms with Gasteiger partial charge >= 0.3 is 0 Å². The van der Waals surface area contributed by atoms with Crippen LogP contribution in [0.4, 0.5) is 5.69 Å². The molecule has 2 rings (SSSR count). The molecular formula is C12H14N2. The van der Waals surface area contributed by atoms with Gasteiger partial charge in [0.15, 0.2) is 0 Å². The van der Waals surface area contributed by atoms with E-state index in [9.17, 15) is 0 Å². The Hall–Kier alpha value is -1.70. The number of hydrogen-bond donors (Lipinski definition) is 2. The van der Waals surface area contributed by atoms with Crippen molar-refractivity contribution in [3.8, 4) is 0 Å². The van der Waals surface area contributed by atoms with E-state index in [1.807, 2.05) is 24.4 Å². The number of nitrogen functional groups attached to an aromatic ring is 1. The van der Waals surface area contributed by atoms with Gasteiger partial charge in [-0.3, -0.25) is 0 Å². The standard InChI is InChI=1S/C12H14N2/c1-9-5-6-11(8-14-9)10-3-2-4-12(13)7-10/h2-9,14H,13H2,1H3/t9-/m1/s1. The number of rotatable bonds is 1. The molecule has 0 aliphatic carbocycles. The molecule has 72 valence electrons. The molecule has 0 spiro atoms. The second kappa shape index (κ2) is 3.58. The summed E-state index contributed by atoms with van der Waals surface area (Å²) in [5, 5.41) is 3.26. The van der Waals surface area contributed by atoms with Crippen LogP contribution in [0.5, 0.6) is 0 Å². The van der Waals surface area contributed by atoms with E-state index >= 15 is 0 Å². The van der Waals surface area contributed by atoms with Crippen LogP contribution in [0.2, 0.25) is 0 Å². The first kappa shape index (κ1) is 8.88.